The third-order valence-electron chi connectivity index (χ3n) is 7.21. The summed E-state index contributed by atoms with van der Waals surface area (Å²) in [6.07, 6.45) is 3.25. The van der Waals surface area contributed by atoms with Crippen LogP contribution in [-0.2, 0) is 16.0 Å². The first-order valence-corrected chi connectivity index (χ1v) is 15.4. The zero-order valence-corrected chi connectivity index (χ0v) is 27.3. The lowest BCUT2D eigenvalue weighted by Gasteiger charge is -2.27. The van der Waals surface area contributed by atoms with E-state index in [9.17, 15) is 19.7 Å². The Bertz CT molecular complexity index is 1770. The lowest BCUT2D eigenvalue weighted by Crippen LogP contribution is -2.48. The van der Waals surface area contributed by atoms with E-state index in [-0.39, 0.29) is 29.5 Å². The molecule has 2 N–H and O–H groups in total. The van der Waals surface area contributed by atoms with Gasteiger partial charge in [0.2, 0.25) is 17.7 Å². The molecular formula is C35H37N5O8. The molecule has 2 aromatic carbocycles. The first-order valence-electron chi connectivity index (χ1n) is 15.4. The summed E-state index contributed by atoms with van der Waals surface area (Å²) in [5.41, 5.74) is 1.58. The van der Waals surface area contributed by atoms with E-state index in [1.165, 1.54) is 18.3 Å². The van der Waals surface area contributed by atoms with Gasteiger partial charge in [0, 0.05) is 18.2 Å². The fraction of sp³-hybridized carbons (Fsp3) is 0.314. The molecule has 1 aliphatic rings. The minimum absolute atomic E-state index is 0.110. The van der Waals surface area contributed by atoms with E-state index in [2.05, 4.69) is 20.6 Å². The number of rotatable bonds is 10. The van der Waals surface area contributed by atoms with Crippen LogP contribution < -0.4 is 24.8 Å². The maximum absolute atomic E-state index is 12.9. The van der Waals surface area contributed by atoms with Crippen LogP contribution in [-0.4, -0.2) is 38.5 Å². The SMILES string of the molecule is CC(C)C(NC(=O)OC(C)(C)C)C(=O)Nc1ccc(Oc2ccc3c(c2)CC[C@@H](c2cccc(Oc4ccc([N+](=O)[O-])cn4)c2)O3)nc1. The number of hydrogen-bond acceptors (Lipinski definition) is 10. The molecule has 0 saturated heterocycles. The van der Waals surface area contributed by atoms with E-state index in [1.54, 1.807) is 45.0 Å². The van der Waals surface area contributed by atoms with Gasteiger partial charge in [-0.3, -0.25) is 14.9 Å². The summed E-state index contributed by atoms with van der Waals surface area (Å²) >= 11 is 0. The first kappa shape index (κ1) is 33.6. The second kappa shape index (κ2) is 14.4. The van der Waals surface area contributed by atoms with Crippen molar-refractivity contribution in [2.75, 3.05) is 5.32 Å². The smallest absolute Gasteiger partial charge is 0.408 e. The standard InChI is InChI=1S/C35H37N5O8/c1-21(2)32(39-34(42)48-35(3,4)5)33(41)38-24-10-15-30(36-19-24)46-27-12-14-29-23(18-27)9-13-28(47-29)22-7-6-8-26(17-22)45-31-16-11-25(20-37-31)40(43)44/h6-8,10-12,14-21,28,32H,9,13H2,1-5H3,(H,38,41)(H,39,42)/t28-,32?/m0/s1. The molecule has 1 unspecified atom stereocenters. The number of nitro groups is 1. The molecule has 0 bridgehead atoms. The number of anilines is 1. The summed E-state index contributed by atoms with van der Waals surface area (Å²) < 4.78 is 23.4. The molecule has 2 aromatic heterocycles. The fourth-order valence-electron chi connectivity index (χ4n) is 4.93. The van der Waals surface area contributed by atoms with Gasteiger partial charge in [0.1, 0.15) is 41.2 Å². The van der Waals surface area contributed by atoms with E-state index in [0.29, 0.717) is 23.1 Å². The zero-order chi connectivity index (χ0) is 34.4. The summed E-state index contributed by atoms with van der Waals surface area (Å²) in [7, 11) is 0. The molecule has 0 aliphatic carbocycles. The van der Waals surface area contributed by atoms with Crippen molar-refractivity contribution < 1.29 is 33.5 Å². The van der Waals surface area contributed by atoms with Crippen molar-refractivity contribution in [1.82, 2.24) is 15.3 Å². The van der Waals surface area contributed by atoms with Crippen molar-refractivity contribution in [3.8, 4) is 29.0 Å². The third-order valence-corrected chi connectivity index (χ3v) is 7.21. The summed E-state index contributed by atoms with van der Waals surface area (Å²) in [4.78, 5) is 43.9. The van der Waals surface area contributed by atoms with Gasteiger partial charge in [0.15, 0.2) is 0 Å². The van der Waals surface area contributed by atoms with Gasteiger partial charge in [-0.05, 0) is 87.1 Å². The maximum Gasteiger partial charge on any atom is 0.408 e. The number of benzene rings is 2. The van der Waals surface area contributed by atoms with E-state index < -0.39 is 22.7 Å². The molecule has 0 radical (unpaired) electrons. The van der Waals surface area contributed by atoms with Gasteiger partial charge in [-0.2, -0.15) is 0 Å². The molecule has 1 aliphatic heterocycles. The second-order valence-corrected chi connectivity index (χ2v) is 12.5. The van der Waals surface area contributed by atoms with E-state index in [4.69, 9.17) is 18.9 Å². The van der Waals surface area contributed by atoms with E-state index in [1.807, 2.05) is 44.2 Å². The number of aromatic nitrogens is 2. The lowest BCUT2D eigenvalue weighted by molar-refractivity contribution is -0.385. The number of carbonyl (C=O) groups is 2. The highest BCUT2D eigenvalue weighted by Gasteiger charge is 2.27. The van der Waals surface area contributed by atoms with Crippen molar-refractivity contribution in [2.45, 2.75) is 65.2 Å². The van der Waals surface area contributed by atoms with Crippen molar-refractivity contribution in [2.24, 2.45) is 5.92 Å². The van der Waals surface area contributed by atoms with Crippen LogP contribution in [0.3, 0.4) is 0 Å². The van der Waals surface area contributed by atoms with Gasteiger partial charge in [0.25, 0.3) is 5.69 Å². The van der Waals surface area contributed by atoms with Crippen LogP contribution in [0.15, 0.2) is 79.1 Å². The number of amides is 2. The molecule has 2 amide bonds. The molecular weight excluding hydrogens is 618 g/mol. The first-order chi connectivity index (χ1) is 22.8. The van der Waals surface area contributed by atoms with Crippen LogP contribution in [0.5, 0.6) is 29.0 Å². The van der Waals surface area contributed by atoms with Crippen LogP contribution in [0, 0.1) is 16.0 Å². The maximum atomic E-state index is 12.9. The Kier molecular flexibility index (Phi) is 10.1. The number of aryl methyl sites for hydroxylation is 1. The number of nitrogens with one attached hydrogen (secondary N) is 2. The predicted octanol–water partition coefficient (Wildman–Crippen LogP) is 7.52. The van der Waals surface area contributed by atoms with Crippen LogP contribution in [0.2, 0.25) is 0 Å². The largest absolute Gasteiger partial charge is 0.485 e. The molecule has 0 fully saturated rings. The average molecular weight is 656 g/mol. The van der Waals surface area contributed by atoms with Crippen molar-refractivity contribution >= 4 is 23.4 Å². The Morgan fingerprint density at radius 2 is 1.67 bits per heavy atom. The normalized spacial score (nSPS) is 14.6. The number of carbonyl (C=O) groups excluding carboxylic acids is 2. The van der Waals surface area contributed by atoms with Gasteiger partial charge < -0.3 is 29.6 Å². The van der Waals surface area contributed by atoms with Crippen LogP contribution in [0.25, 0.3) is 0 Å². The fourth-order valence-corrected chi connectivity index (χ4v) is 4.93. The highest BCUT2D eigenvalue weighted by Crippen LogP contribution is 2.38. The van der Waals surface area contributed by atoms with Gasteiger partial charge in [-0.1, -0.05) is 26.0 Å². The number of ether oxygens (including phenoxy) is 4. The van der Waals surface area contributed by atoms with Gasteiger partial charge >= 0.3 is 6.09 Å². The van der Waals surface area contributed by atoms with E-state index in [0.717, 1.165) is 35.9 Å². The summed E-state index contributed by atoms with van der Waals surface area (Å²) in [6, 6.07) is 18.4. The monoisotopic (exact) mass is 655 g/mol. The van der Waals surface area contributed by atoms with Gasteiger partial charge in [-0.25, -0.2) is 14.8 Å². The van der Waals surface area contributed by atoms with Crippen molar-refractivity contribution in [3.05, 3.63) is 100 Å². The van der Waals surface area contributed by atoms with Crippen molar-refractivity contribution in [1.29, 1.82) is 0 Å². The minimum atomic E-state index is -0.801. The number of fused-ring (bicyclic) bond motifs is 1. The number of alkyl carbamates (subject to hydrolysis) is 1. The summed E-state index contributed by atoms with van der Waals surface area (Å²) in [6.45, 7) is 8.93. The molecule has 5 rings (SSSR count). The predicted molar refractivity (Wildman–Crippen MR) is 176 cm³/mol. The summed E-state index contributed by atoms with van der Waals surface area (Å²) in [5.74, 6) is 1.90. The highest BCUT2D eigenvalue weighted by molar-refractivity contribution is 5.96. The Hall–Kier alpha value is -5.72. The molecule has 48 heavy (non-hydrogen) atoms. The number of nitrogens with zero attached hydrogens (tertiary/aromatic N) is 3. The molecule has 3 heterocycles. The molecule has 0 spiro atoms. The Labute approximate surface area is 277 Å². The molecule has 4 aromatic rings. The van der Waals surface area contributed by atoms with Gasteiger partial charge in [-0.15, -0.1) is 0 Å². The van der Waals surface area contributed by atoms with Crippen molar-refractivity contribution in [3.63, 3.8) is 0 Å². The molecule has 13 nitrogen and oxygen atoms in total. The average Bonchev–Trinajstić information content (AvgIpc) is 3.03. The number of pyridine rings is 2. The van der Waals surface area contributed by atoms with E-state index >= 15 is 0 Å². The third kappa shape index (κ3) is 8.96. The Morgan fingerprint density at radius 1 is 0.958 bits per heavy atom. The zero-order valence-electron chi connectivity index (χ0n) is 27.3. The molecule has 0 saturated carbocycles. The lowest BCUT2D eigenvalue weighted by atomic mass is 9.97. The molecule has 250 valence electrons. The van der Waals surface area contributed by atoms with Crippen LogP contribution >= 0.6 is 0 Å². The quantitative estimate of drug-likeness (QED) is 0.129. The topological polar surface area (TPSA) is 164 Å². The van der Waals surface area contributed by atoms with Gasteiger partial charge in [0.05, 0.1) is 16.8 Å². The van der Waals surface area contributed by atoms with Crippen LogP contribution in [0.1, 0.15) is 58.3 Å². The molecule has 13 heteroatoms. The minimum Gasteiger partial charge on any atom is -0.485 e. The summed E-state index contributed by atoms with van der Waals surface area (Å²) in [5, 5.41) is 16.3. The number of hydrogen-bond donors (Lipinski definition) is 2. The second-order valence-electron chi connectivity index (χ2n) is 12.5. The molecule has 2 atom stereocenters. The Morgan fingerprint density at radius 3 is 2.29 bits per heavy atom. The highest BCUT2D eigenvalue weighted by atomic mass is 16.6. The van der Waals surface area contributed by atoms with Crippen LogP contribution in [0.4, 0.5) is 16.2 Å². The Balaban J connectivity index is 1.17.